The first-order valence-electron chi connectivity index (χ1n) is 6.05. The van der Waals surface area contributed by atoms with Crippen molar-refractivity contribution in [3.8, 4) is 11.3 Å². The van der Waals surface area contributed by atoms with E-state index in [1.165, 1.54) is 16.7 Å². The molecule has 17 heavy (non-hydrogen) atoms. The van der Waals surface area contributed by atoms with Gasteiger partial charge in [0, 0.05) is 24.8 Å². The third-order valence-corrected chi connectivity index (χ3v) is 3.40. The molecule has 2 heteroatoms. The van der Waals surface area contributed by atoms with Gasteiger partial charge in [-0.1, -0.05) is 24.3 Å². The normalized spacial score (nSPS) is 15.6. The molecular formula is C15H16N2. The molecular weight excluding hydrogens is 208 g/mol. The van der Waals surface area contributed by atoms with Gasteiger partial charge in [-0.15, -0.1) is 0 Å². The smallest absolute Gasteiger partial charge is 0.0704 e. The van der Waals surface area contributed by atoms with E-state index in [2.05, 4.69) is 47.3 Å². The summed E-state index contributed by atoms with van der Waals surface area (Å²) < 4.78 is 0. The minimum Gasteiger partial charge on any atom is -0.302 e. The van der Waals surface area contributed by atoms with E-state index < -0.39 is 0 Å². The molecule has 0 bridgehead atoms. The van der Waals surface area contributed by atoms with Gasteiger partial charge in [-0.05, 0) is 36.7 Å². The molecule has 0 radical (unpaired) electrons. The van der Waals surface area contributed by atoms with Crippen LogP contribution in [0.4, 0.5) is 0 Å². The molecule has 1 aromatic heterocycles. The molecule has 2 heterocycles. The monoisotopic (exact) mass is 224 g/mol. The van der Waals surface area contributed by atoms with Crippen molar-refractivity contribution in [1.82, 2.24) is 9.88 Å². The minimum atomic E-state index is 1.05. The highest BCUT2D eigenvalue weighted by molar-refractivity contribution is 5.65. The van der Waals surface area contributed by atoms with E-state index in [-0.39, 0.29) is 0 Å². The Morgan fingerprint density at radius 2 is 2.06 bits per heavy atom. The predicted octanol–water partition coefficient (Wildman–Crippen LogP) is 2.74. The number of hydrogen-bond acceptors (Lipinski definition) is 2. The Labute approximate surface area is 102 Å². The second-order valence-corrected chi connectivity index (χ2v) is 4.65. The second-order valence-electron chi connectivity index (χ2n) is 4.65. The lowest BCUT2D eigenvalue weighted by Gasteiger charge is -2.26. The van der Waals surface area contributed by atoms with Crippen molar-refractivity contribution in [1.29, 1.82) is 0 Å². The summed E-state index contributed by atoms with van der Waals surface area (Å²) in [6.07, 6.45) is 2.99. The second kappa shape index (κ2) is 4.30. The quantitative estimate of drug-likeness (QED) is 0.740. The summed E-state index contributed by atoms with van der Waals surface area (Å²) in [6.45, 7) is 2.19. The SMILES string of the molecule is CN1CCc2c(cccc2-c2ccccn2)C1. The maximum absolute atomic E-state index is 4.46. The van der Waals surface area contributed by atoms with Crippen LogP contribution in [0.2, 0.25) is 0 Å². The summed E-state index contributed by atoms with van der Waals surface area (Å²) in [5.41, 5.74) is 5.32. The molecule has 1 aromatic carbocycles. The zero-order valence-corrected chi connectivity index (χ0v) is 10.1. The molecule has 2 aromatic rings. The van der Waals surface area contributed by atoms with E-state index in [0.29, 0.717) is 0 Å². The van der Waals surface area contributed by atoms with Gasteiger partial charge >= 0.3 is 0 Å². The number of benzene rings is 1. The molecule has 0 spiro atoms. The molecule has 0 atom stereocenters. The number of fused-ring (bicyclic) bond motifs is 1. The van der Waals surface area contributed by atoms with Gasteiger partial charge in [0.25, 0.3) is 0 Å². The van der Waals surface area contributed by atoms with Crippen LogP contribution in [0.3, 0.4) is 0 Å². The van der Waals surface area contributed by atoms with Crippen LogP contribution in [0.15, 0.2) is 42.6 Å². The molecule has 0 saturated heterocycles. The Morgan fingerprint density at radius 3 is 2.88 bits per heavy atom. The zero-order chi connectivity index (χ0) is 11.7. The Bertz CT molecular complexity index is 520. The predicted molar refractivity (Wildman–Crippen MR) is 69.7 cm³/mol. The first kappa shape index (κ1) is 10.5. The molecule has 0 N–H and O–H groups in total. The van der Waals surface area contributed by atoms with Crippen molar-refractivity contribution < 1.29 is 0 Å². The molecule has 0 fully saturated rings. The maximum Gasteiger partial charge on any atom is 0.0704 e. The molecule has 2 nitrogen and oxygen atoms in total. The fraction of sp³-hybridized carbons (Fsp3) is 0.267. The van der Waals surface area contributed by atoms with Crippen LogP contribution in [0.25, 0.3) is 11.3 Å². The summed E-state index contributed by atoms with van der Waals surface area (Å²) in [7, 11) is 2.18. The largest absolute Gasteiger partial charge is 0.302 e. The van der Waals surface area contributed by atoms with Gasteiger partial charge < -0.3 is 4.90 Å². The van der Waals surface area contributed by atoms with E-state index in [9.17, 15) is 0 Å². The van der Waals surface area contributed by atoms with Crippen molar-refractivity contribution in [2.45, 2.75) is 13.0 Å². The average molecular weight is 224 g/mol. The lowest BCUT2D eigenvalue weighted by Crippen LogP contribution is -2.26. The van der Waals surface area contributed by atoms with Crippen LogP contribution in [0, 0.1) is 0 Å². The van der Waals surface area contributed by atoms with Crippen molar-refractivity contribution in [2.24, 2.45) is 0 Å². The van der Waals surface area contributed by atoms with Crippen LogP contribution in [-0.2, 0) is 13.0 Å². The van der Waals surface area contributed by atoms with Gasteiger partial charge in [0.1, 0.15) is 0 Å². The van der Waals surface area contributed by atoms with Gasteiger partial charge in [-0.3, -0.25) is 4.98 Å². The number of likely N-dealkylation sites (N-methyl/N-ethyl adjacent to an activating group) is 1. The Balaban J connectivity index is 2.10. The average Bonchev–Trinajstić information content (AvgIpc) is 2.39. The standard InChI is InChI=1S/C15H16N2/c1-17-10-8-13-12(11-17)5-4-6-14(13)15-7-2-3-9-16-15/h2-7,9H,8,10-11H2,1H3. The van der Waals surface area contributed by atoms with Crippen molar-refractivity contribution in [3.05, 3.63) is 53.7 Å². The number of aromatic nitrogens is 1. The Kier molecular flexibility index (Phi) is 2.65. The molecule has 0 aliphatic carbocycles. The van der Waals surface area contributed by atoms with Gasteiger partial charge in [-0.2, -0.15) is 0 Å². The van der Waals surface area contributed by atoms with E-state index in [4.69, 9.17) is 0 Å². The molecule has 1 aliphatic rings. The van der Waals surface area contributed by atoms with Crippen LogP contribution >= 0.6 is 0 Å². The highest BCUT2D eigenvalue weighted by Gasteiger charge is 2.16. The van der Waals surface area contributed by atoms with E-state index >= 15 is 0 Å². The van der Waals surface area contributed by atoms with Crippen LogP contribution < -0.4 is 0 Å². The summed E-state index contributed by atoms with van der Waals surface area (Å²) in [4.78, 5) is 6.83. The minimum absolute atomic E-state index is 1.05. The lowest BCUT2D eigenvalue weighted by molar-refractivity contribution is 0.313. The highest BCUT2D eigenvalue weighted by Crippen LogP contribution is 2.28. The van der Waals surface area contributed by atoms with Gasteiger partial charge in [0.05, 0.1) is 5.69 Å². The van der Waals surface area contributed by atoms with Crippen molar-refractivity contribution >= 4 is 0 Å². The summed E-state index contributed by atoms with van der Waals surface area (Å²) in [5, 5.41) is 0. The molecule has 1 aliphatic heterocycles. The fourth-order valence-electron chi connectivity index (χ4n) is 2.51. The van der Waals surface area contributed by atoms with Crippen molar-refractivity contribution in [2.75, 3.05) is 13.6 Å². The number of rotatable bonds is 1. The highest BCUT2D eigenvalue weighted by atomic mass is 15.1. The molecule has 0 amide bonds. The summed E-state index contributed by atoms with van der Waals surface area (Å²) in [5.74, 6) is 0. The fourth-order valence-corrected chi connectivity index (χ4v) is 2.51. The zero-order valence-electron chi connectivity index (χ0n) is 10.1. The maximum atomic E-state index is 4.46. The van der Waals surface area contributed by atoms with Crippen LogP contribution in [0.5, 0.6) is 0 Å². The number of nitrogens with zero attached hydrogens (tertiary/aromatic N) is 2. The molecule has 0 saturated carbocycles. The Hall–Kier alpha value is -1.67. The van der Waals surface area contributed by atoms with Gasteiger partial charge in [0.15, 0.2) is 0 Å². The van der Waals surface area contributed by atoms with E-state index in [0.717, 1.165) is 25.2 Å². The van der Waals surface area contributed by atoms with Gasteiger partial charge in [0.2, 0.25) is 0 Å². The van der Waals surface area contributed by atoms with Crippen LogP contribution in [-0.4, -0.2) is 23.5 Å². The van der Waals surface area contributed by atoms with Gasteiger partial charge in [-0.25, -0.2) is 0 Å². The summed E-state index contributed by atoms with van der Waals surface area (Å²) >= 11 is 0. The number of pyridine rings is 1. The topological polar surface area (TPSA) is 16.1 Å². The summed E-state index contributed by atoms with van der Waals surface area (Å²) in [6, 6.07) is 12.7. The lowest BCUT2D eigenvalue weighted by atomic mass is 9.93. The first-order valence-corrected chi connectivity index (χ1v) is 6.05. The van der Waals surface area contributed by atoms with E-state index in [1.54, 1.807) is 0 Å². The van der Waals surface area contributed by atoms with E-state index in [1.807, 2.05) is 12.3 Å². The van der Waals surface area contributed by atoms with Crippen LogP contribution in [0.1, 0.15) is 11.1 Å². The van der Waals surface area contributed by atoms with Crippen molar-refractivity contribution in [3.63, 3.8) is 0 Å². The third-order valence-electron chi connectivity index (χ3n) is 3.40. The molecule has 3 rings (SSSR count). The molecule has 0 unspecified atom stereocenters. The first-order chi connectivity index (χ1) is 8.34. The Morgan fingerprint density at radius 1 is 1.12 bits per heavy atom. The third kappa shape index (κ3) is 1.96. The molecule has 86 valence electrons. The number of hydrogen-bond donors (Lipinski definition) is 0.